The van der Waals surface area contributed by atoms with E-state index in [4.69, 9.17) is 11.5 Å². The minimum Gasteiger partial charge on any atom is -0.340 e. The molecule has 0 bridgehead atoms. The van der Waals surface area contributed by atoms with E-state index in [1.807, 2.05) is 6.07 Å². The van der Waals surface area contributed by atoms with Crippen LogP contribution in [0.5, 0.6) is 0 Å². The van der Waals surface area contributed by atoms with Crippen molar-refractivity contribution in [1.82, 2.24) is 14.2 Å². The lowest BCUT2D eigenvalue weighted by atomic mass is 10.2. The summed E-state index contributed by atoms with van der Waals surface area (Å²) in [7, 11) is -3.68. The predicted molar refractivity (Wildman–Crippen MR) is 120 cm³/mol. The van der Waals surface area contributed by atoms with Crippen LogP contribution in [0.1, 0.15) is 6.42 Å². The molecule has 1 aliphatic rings. The number of carbonyl (C=O) groups is 1. The molecule has 1 aliphatic heterocycles. The van der Waals surface area contributed by atoms with Gasteiger partial charge in [0.05, 0.1) is 10.9 Å². The van der Waals surface area contributed by atoms with E-state index < -0.39 is 16.1 Å². The first kappa shape index (κ1) is 27.8. The molecule has 2 aromatic rings. The molecule has 1 atom stereocenters. The number of benzene rings is 1. The molecule has 1 saturated heterocycles. The third-order valence-corrected chi connectivity index (χ3v) is 6.55. The van der Waals surface area contributed by atoms with Crippen molar-refractivity contribution in [2.24, 2.45) is 11.5 Å². The van der Waals surface area contributed by atoms with Gasteiger partial charge < -0.3 is 16.4 Å². The number of rotatable bonds is 4. The molecular formula is C17H26Cl3N5O3S. The highest BCUT2D eigenvalue weighted by Crippen LogP contribution is 2.25. The molecule has 29 heavy (non-hydrogen) atoms. The second kappa shape index (κ2) is 11.8. The van der Waals surface area contributed by atoms with Crippen molar-refractivity contribution in [2.45, 2.75) is 17.4 Å². The zero-order valence-electron chi connectivity index (χ0n) is 15.6. The summed E-state index contributed by atoms with van der Waals surface area (Å²) in [5.41, 5.74) is 11.2. The van der Waals surface area contributed by atoms with Crippen molar-refractivity contribution in [3.05, 3.63) is 36.7 Å². The fourth-order valence-electron chi connectivity index (χ4n) is 3.15. The molecule has 8 nitrogen and oxygen atoms in total. The summed E-state index contributed by atoms with van der Waals surface area (Å²) in [6.45, 7) is 1.43. The Morgan fingerprint density at radius 1 is 1.10 bits per heavy atom. The first-order valence-corrected chi connectivity index (χ1v) is 9.96. The third-order valence-electron chi connectivity index (χ3n) is 4.60. The highest BCUT2D eigenvalue weighted by Gasteiger charge is 2.30. The van der Waals surface area contributed by atoms with Crippen LogP contribution in [0.25, 0.3) is 10.8 Å². The summed E-state index contributed by atoms with van der Waals surface area (Å²) >= 11 is 0. The zero-order chi connectivity index (χ0) is 18.7. The van der Waals surface area contributed by atoms with E-state index in [-0.39, 0.29) is 61.1 Å². The first-order chi connectivity index (χ1) is 12.4. The first-order valence-electron chi connectivity index (χ1n) is 8.52. The highest BCUT2D eigenvalue weighted by molar-refractivity contribution is 7.89. The maximum absolute atomic E-state index is 13.2. The lowest BCUT2D eigenvalue weighted by molar-refractivity contribution is -0.132. The van der Waals surface area contributed by atoms with Crippen LogP contribution >= 0.6 is 37.2 Å². The molecule has 1 aromatic heterocycles. The zero-order valence-corrected chi connectivity index (χ0v) is 18.9. The third kappa shape index (κ3) is 5.91. The molecule has 1 fully saturated rings. The topological polar surface area (TPSA) is 123 Å². The number of fused-ring (bicyclic) bond motifs is 1. The SMILES string of the molecule is Cl.Cl.Cl.NCC(N)C(=O)N1CCCN(S(=O)(=O)c2cccc3cnccc23)CC1. The number of hydrogen-bond donors (Lipinski definition) is 2. The molecule has 0 saturated carbocycles. The van der Waals surface area contributed by atoms with Gasteiger partial charge in [-0.1, -0.05) is 12.1 Å². The predicted octanol–water partition coefficient (Wildman–Crippen LogP) is 1.01. The summed E-state index contributed by atoms with van der Waals surface area (Å²) in [6, 6.07) is 6.11. The average molecular weight is 487 g/mol. The van der Waals surface area contributed by atoms with E-state index in [1.165, 1.54) is 4.31 Å². The van der Waals surface area contributed by atoms with Gasteiger partial charge in [0.1, 0.15) is 0 Å². The van der Waals surface area contributed by atoms with Gasteiger partial charge in [0, 0.05) is 55.9 Å². The van der Waals surface area contributed by atoms with Crippen molar-refractivity contribution in [3.8, 4) is 0 Å². The molecule has 1 unspecified atom stereocenters. The van der Waals surface area contributed by atoms with Gasteiger partial charge in [-0.05, 0) is 18.6 Å². The van der Waals surface area contributed by atoms with Gasteiger partial charge in [-0.25, -0.2) is 8.42 Å². The summed E-state index contributed by atoms with van der Waals surface area (Å²) in [5, 5.41) is 1.42. The van der Waals surface area contributed by atoms with E-state index in [9.17, 15) is 13.2 Å². The Hall–Kier alpha value is -1.20. The van der Waals surface area contributed by atoms with Crippen molar-refractivity contribution in [1.29, 1.82) is 0 Å². The van der Waals surface area contributed by atoms with Crippen LogP contribution in [-0.4, -0.2) is 67.3 Å². The average Bonchev–Trinajstić information content (AvgIpc) is 2.93. The second-order valence-corrected chi connectivity index (χ2v) is 8.18. The van der Waals surface area contributed by atoms with Gasteiger partial charge in [0.25, 0.3) is 0 Å². The van der Waals surface area contributed by atoms with Crippen molar-refractivity contribution in [3.63, 3.8) is 0 Å². The molecule has 0 aliphatic carbocycles. The number of hydrogen-bond acceptors (Lipinski definition) is 6. The molecule has 3 rings (SSSR count). The van der Waals surface area contributed by atoms with Crippen LogP contribution in [0.2, 0.25) is 0 Å². The van der Waals surface area contributed by atoms with Crippen LogP contribution < -0.4 is 11.5 Å². The Balaban J connectivity index is 0.00000261. The monoisotopic (exact) mass is 485 g/mol. The number of aromatic nitrogens is 1. The largest absolute Gasteiger partial charge is 0.340 e. The van der Waals surface area contributed by atoms with Gasteiger partial charge in [-0.15, -0.1) is 37.2 Å². The number of halogens is 3. The Morgan fingerprint density at radius 2 is 1.83 bits per heavy atom. The molecular weight excluding hydrogens is 461 g/mol. The van der Waals surface area contributed by atoms with E-state index in [2.05, 4.69) is 4.98 Å². The maximum atomic E-state index is 13.2. The molecule has 164 valence electrons. The van der Waals surface area contributed by atoms with Gasteiger partial charge >= 0.3 is 0 Å². The van der Waals surface area contributed by atoms with Gasteiger partial charge in [-0.3, -0.25) is 9.78 Å². The fourth-order valence-corrected chi connectivity index (χ4v) is 4.83. The van der Waals surface area contributed by atoms with Crippen LogP contribution in [0, 0.1) is 0 Å². The standard InChI is InChI=1S/C17H23N5O3S.3ClH/c18-11-15(19)17(23)21-7-2-8-22(10-9-21)26(24,25)16-4-1-3-13-12-20-6-5-14(13)16;;;/h1,3-6,12,15H,2,7-11,18-19H2;3*1H. The Bertz CT molecular complexity index is 911. The van der Waals surface area contributed by atoms with Crippen molar-refractivity contribution >= 4 is 63.9 Å². The molecule has 2 heterocycles. The molecule has 12 heteroatoms. The summed E-state index contributed by atoms with van der Waals surface area (Å²) in [6.07, 6.45) is 3.78. The summed E-state index contributed by atoms with van der Waals surface area (Å²) < 4.78 is 27.8. The minimum atomic E-state index is -3.68. The fraction of sp³-hybridized carbons (Fsp3) is 0.412. The maximum Gasteiger partial charge on any atom is 0.243 e. The molecule has 0 radical (unpaired) electrons. The Kier molecular flexibility index (Phi) is 11.4. The summed E-state index contributed by atoms with van der Waals surface area (Å²) in [5.74, 6) is -0.233. The Morgan fingerprint density at radius 3 is 2.52 bits per heavy atom. The normalized spacial score (nSPS) is 16.0. The van der Waals surface area contributed by atoms with Gasteiger partial charge in [0.15, 0.2) is 0 Å². The van der Waals surface area contributed by atoms with E-state index in [0.717, 1.165) is 5.39 Å². The van der Waals surface area contributed by atoms with Crippen molar-refractivity contribution < 1.29 is 13.2 Å². The summed E-state index contributed by atoms with van der Waals surface area (Å²) in [4.78, 5) is 18.1. The van der Waals surface area contributed by atoms with Crippen LogP contribution in [0.4, 0.5) is 0 Å². The quantitative estimate of drug-likeness (QED) is 0.665. The van der Waals surface area contributed by atoms with Crippen molar-refractivity contribution in [2.75, 3.05) is 32.7 Å². The van der Waals surface area contributed by atoms with E-state index in [1.54, 1.807) is 35.5 Å². The minimum absolute atomic E-state index is 0. The number of sulfonamides is 1. The lowest BCUT2D eigenvalue weighted by Gasteiger charge is -2.24. The lowest BCUT2D eigenvalue weighted by Crippen LogP contribution is -2.48. The number of nitrogens with two attached hydrogens (primary N) is 2. The van der Waals surface area contributed by atoms with Gasteiger partial charge in [-0.2, -0.15) is 4.31 Å². The van der Waals surface area contributed by atoms with Crippen LogP contribution in [0.3, 0.4) is 0 Å². The smallest absolute Gasteiger partial charge is 0.243 e. The number of carbonyl (C=O) groups excluding carboxylic acids is 1. The highest BCUT2D eigenvalue weighted by atomic mass is 35.5. The number of nitrogens with zero attached hydrogens (tertiary/aromatic N) is 3. The van der Waals surface area contributed by atoms with E-state index in [0.29, 0.717) is 31.4 Å². The van der Waals surface area contributed by atoms with Crippen LogP contribution in [-0.2, 0) is 14.8 Å². The van der Waals surface area contributed by atoms with Gasteiger partial charge in [0.2, 0.25) is 15.9 Å². The number of amides is 1. The Labute approximate surface area is 189 Å². The number of pyridine rings is 1. The van der Waals surface area contributed by atoms with E-state index >= 15 is 0 Å². The molecule has 0 spiro atoms. The second-order valence-electron chi connectivity index (χ2n) is 6.28. The molecule has 1 amide bonds. The molecule has 4 N–H and O–H groups in total. The molecule has 1 aromatic carbocycles. The van der Waals surface area contributed by atoms with Crippen LogP contribution in [0.15, 0.2) is 41.6 Å².